The van der Waals surface area contributed by atoms with Crippen LogP contribution in [0, 0.1) is 5.92 Å². The Hall–Kier alpha value is -1.63. The van der Waals surface area contributed by atoms with Crippen LogP contribution < -0.4 is 10.2 Å². The van der Waals surface area contributed by atoms with Crippen molar-refractivity contribution in [3.8, 4) is 0 Å². The van der Waals surface area contributed by atoms with Gasteiger partial charge in [-0.05, 0) is 81.0 Å². The second-order valence-electron chi connectivity index (χ2n) is 9.45. The zero-order chi connectivity index (χ0) is 20.6. The molecule has 5 nitrogen and oxygen atoms in total. The van der Waals surface area contributed by atoms with E-state index in [1.165, 1.54) is 41.6 Å². The van der Waals surface area contributed by atoms with E-state index in [2.05, 4.69) is 44.8 Å². The molecule has 2 aromatic rings. The maximum atomic E-state index is 12.0. The molecule has 0 radical (unpaired) electrons. The number of anilines is 1. The fraction of sp³-hybridized carbons (Fsp3) is 0.625. The van der Waals surface area contributed by atoms with E-state index in [1.54, 1.807) is 0 Å². The molecule has 162 valence electrons. The van der Waals surface area contributed by atoms with E-state index in [0.29, 0.717) is 12.8 Å². The molecule has 0 spiro atoms. The van der Waals surface area contributed by atoms with Gasteiger partial charge in [0.15, 0.2) is 0 Å². The van der Waals surface area contributed by atoms with Gasteiger partial charge in [0.05, 0.1) is 0 Å². The molecule has 1 saturated heterocycles. The van der Waals surface area contributed by atoms with Crippen LogP contribution in [0.1, 0.15) is 44.9 Å². The number of piperazine rings is 1. The molecular weight excluding hydrogens is 394 g/mol. The third-order valence-electron chi connectivity index (χ3n) is 7.37. The van der Waals surface area contributed by atoms with Crippen molar-refractivity contribution >= 4 is 33.0 Å². The maximum Gasteiger partial charge on any atom is 0.252 e. The molecule has 2 saturated carbocycles. The summed E-state index contributed by atoms with van der Waals surface area (Å²) in [7, 11) is 0. The lowest BCUT2D eigenvalue weighted by atomic mass is 9.84. The number of rotatable bonds is 6. The van der Waals surface area contributed by atoms with Gasteiger partial charge < -0.3 is 15.3 Å². The van der Waals surface area contributed by atoms with E-state index in [9.17, 15) is 9.90 Å². The Labute approximate surface area is 183 Å². The lowest BCUT2D eigenvalue weighted by Crippen LogP contribution is -2.47. The second kappa shape index (κ2) is 8.48. The highest BCUT2D eigenvalue weighted by Gasteiger charge is 2.48. The minimum atomic E-state index is -1.03. The lowest BCUT2D eigenvalue weighted by Gasteiger charge is -2.37. The molecule has 3 fully saturated rings. The van der Waals surface area contributed by atoms with Gasteiger partial charge in [-0.1, -0.05) is 6.07 Å². The topological polar surface area (TPSA) is 55.8 Å². The van der Waals surface area contributed by atoms with Crippen molar-refractivity contribution in [3.63, 3.8) is 0 Å². The van der Waals surface area contributed by atoms with Gasteiger partial charge >= 0.3 is 0 Å². The summed E-state index contributed by atoms with van der Waals surface area (Å²) in [5.74, 6) is 0.640. The molecule has 6 heteroatoms. The number of thiophene rings is 1. The van der Waals surface area contributed by atoms with Crippen molar-refractivity contribution in [2.75, 3.05) is 37.6 Å². The summed E-state index contributed by atoms with van der Waals surface area (Å²) in [6, 6.07) is 9.19. The van der Waals surface area contributed by atoms with E-state index in [-0.39, 0.29) is 11.9 Å². The molecule has 1 amide bonds. The fourth-order valence-electron chi connectivity index (χ4n) is 5.09. The Morgan fingerprint density at radius 2 is 1.87 bits per heavy atom. The highest BCUT2D eigenvalue weighted by Crippen LogP contribution is 2.36. The zero-order valence-electron chi connectivity index (χ0n) is 17.7. The number of benzene rings is 1. The molecule has 0 unspecified atom stereocenters. The molecule has 2 aliphatic carbocycles. The maximum absolute atomic E-state index is 12.0. The van der Waals surface area contributed by atoms with Crippen LogP contribution >= 0.6 is 11.3 Å². The molecule has 1 aliphatic heterocycles. The summed E-state index contributed by atoms with van der Waals surface area (Å²) >= 11 is 1.82. The van der Waals surface area contributed by atoms with E-state index in [1.807, 2.05) is 11.3 Å². The minimum absolute atomic E-state index is 0.137. The normalized spacial score (nSPS) is 26.6. The highest BCUT2D eigenvalue weighted by molar-refractivity contribution is 7.17. The van der Waals surface area contributed by atoms with Crippen LogP contribution in [-0.2, 0) is 4.79 Å². The molecule has 5 rings (SSSR count). The number of nitrogens with one attached hydrogen (secondary N) is 1. The van der Waals surface area contributed by atoms with Crippen molar-refractivity contribution in [1.29, 1.82) is 0 Å². The second-order valence-corrected chi connectivity index (χ2v) is 10.4. The highest BCUT2D eigenvalue weighted by atomic mass is 32.1. The number of carbonyl (C=O) groups excluding carboxylic acids is 1. The van der Waals surface area contributed by atoms with Crippen LogP contribution in [0.4, 0.5) is 5.69 Å². The smallest absolute Gasteiger partial charge is 0.252 e. The summed E-state index contributed by atoms with van der Waals surface area (Å²) < 4.78 is 1.38. The van der Waals surface area contributed by atoms with E-state index in [4.69, 9.17) is 0 Å². The van der Waals surface area contributed by atoms with Gasteiger partial charge in [0, 0.05) is 48.0 Å². The van der Waals surface area contributed by atoms with Gasteiger partial charge in [0.2, 0.25) is 0 Å². The van der Waals surface area contributed by atoms with Crippen molar-refractivity contribution in [1.82, 2.24) is 10.2 Å². The van der Waals surface area contributed by atoms with E-state index < -0.39 is 5.60 Å². The predicted octanol–water partition coefficient (Wildman–Crippen LogP) is 3.61. The van der Waals surface area contributed by atoms with Gasteiger partial charge in [0.25, 0.3) is 5.91 Å². The standard InChI is InChI=1S/C24H33N3O2S/c28-23(24(29)10-11-24)25-19-6-4-18(5-7-19)8-12-26-13-15-27(16-14-26)21-2-1-3-22-20(21)9-17-30-22/h1-3,9,17-19,29H,4-8,10-16H2,(H,25,28)/t18-,19-. The minimum Gasteiger partial charge on any atom is -0.380 e. The first-order chi connectivity index (χ1) is 14.6. The first-order valence-electron chi connectivity index (χ1n) is 11.6. The monoisotopic (exact) mass is 427 g/mol. The number of nitrogens with zero attached hydrogens (tertiary/aromatic N) is 2. The largest absolute Gasteiger partial charge is 0.380 e. The summed E-state index contributed by atoms with van der Waals surface area (Å²) in [5, 5.41) is 16.6. The Balaban J connectivity index is 1.03. The average molecular weight is 428 g/mol. The fourth-order valence-corrected chi connectivity index (χ4v) is 5.90. The summed E-state index contributed by atoms with van der Waals surface area (Å²) in [6.07, 6.45) is 7.04. The lowest BCUT2D eigenvalue weighted by molar-refractivity contribution is -0.132. The number of carbonyl (C=O) groups is 1. The molecule has 0 atom stereocenters. The Bertz CT molecular complexity index is 877. The molecule has 1 aromatic heterocycles. The van der Waals surface area contributed by atoms with E-state index >= 15 is 0 Å². The van der Waals surface area contributed by atoms with Gasteiger partial charge in [0.1, 0.15) is 5.60 Å². The SMILES string of the molecule is O=C(N[C@H]1CC[C@H](CCN2CCN(c3cccc4sccc34)CC2)CC1)C1(O)CC1. The number of hydrogen-bond acceptors (Lipinski definition) is 5. The third-order valence-corrected chi connectivity index (χ3v) is 8.25. The van der Waals surface area contributed by atoms with Crippen LogP contribution in [0.15, 0.2) is 29.6 Å². The molecule has 2 heterocycles. The first kappa shape index (κ1) is 20.3. The number of amides is 1. The van der Waals surface area contributed by atoms with Gasteiger partial charge in [-0.25, -0.2) is 0 Å². The Kier molecular flexibility index (Phi) is 5.73. The molecular formula is C24H33N3O2S. The molecule has 30 heavy (non-hydrogen) atoms. The van der Waals surface area contributed by atoms with Crippen LogP contribution in [0.5, 0.6) is 0 Å². The quantitative estimate of drug-likeness (QED) is 0.739. The van der Waals surface area contributed by atoms with Crippen LogP contribution in [0.3, 0.4) is 0 Å². The van der Waals surface area contributed by atoms with Crippen molar-refractivity contribution in [2.45, 2.75) is 56.6 Å². The van der Waals surface area contributed by atoms with Gasteiger partial charge in [-0.2, -0.15) is 0 Å². The van der Waals surface area contributed by atoms with Crippen molar-refractivity contribution in [2.24, 2.45) is 5.92 Å². The van der Waals surface area contributed by atoms with Crippen LogP contribution in [0.2, 0.25) is 0 Å². The summed E-state index contributed by atoms with van der Waals surface area (Å²) in [6.45, 7) is 5.69. The Morgan fingerprint density at radius 3 is 2.60 bits per heavy atom. The summed E-state index contributed by atoms with van der Waals surface area (Å²) in [4.78, 5) is 17.2. The molecule has 3 aliphatic rings. The Morgan fingerprint density at radius 1 is 1.10 bits per heavy atom. The molecule has 2 N–H and O–H groups in total. The predicted molar refractivity (Wildman–Crippen MR) is 123 cm³/mol. The van der Waals surface area contributed by atoms with Crippen molar-refractivity contribution in [3.05, 3.63) is 29.6 Å². The number of hydrogen-bond donors (Lipinski definition) is 2. The number of aliphatic hydroxyl groups is 1. The molecule has 0 bridgehead atoms. The third kappa shape index (κ3) is 4.36. The van der Waals surface area contributed by atoms with E-state index in [0.717, 1.165) is 44.9 Å². The van der Waals surface area contributed by atoms with Gasteiger partial charge in [-0.3, -0.25) is 9.69 Å². The van der Waals surface area contributed by atoms with Crippen molar-refractivity contribution < 1.29 is 9.90 Å². The van der Waals surface area contributed by atoms with Gasteiger partial charge in [-0.15, -0.1) is 11.3 Å². The zero-order valence-corrected chi connectivity index (χ0v) is 18.5. The first-order valence-corrected chi connectivity index (χ1v) is 12.5. The van der Waals surface area contributed by atoms with Crippen LogP contribution in [0.25, 0.3) is 10.1 Å². The van der Waals surface area contributed by atoms with Crippen LogP contribution in [-0.4, -0.2) is 60.3 Å². The average Bonchev–Trinajstić information content (AvgIpc) is 3.34. The summed E-state index contributed by atoms with van der Waals surface area (Å²) in [5.41, 5.74) is 0.359. The molecule has 1 aromatic carbocycles. The number of fused-ring (bicyclic) bond motifs is 1.